The Morgan fingerprint density at radius 3 is 2.59 bits per heavy atom. The highest BCUT2D eigenvalue weighted by Crippen LogP contribution is 2.43. The van der Waals surface area contributed by atoms with Crippen LogP contribution in [0.4, 0.5) is 0 Å². The molecule has 0 spiro atoms. The predicted molar refractivity (Wildman–Crippen MR) is 111 cm³/mol. The minimum absolute atomic E-state index is 0.156. The van der Waals surface area contributed by atoms with E-state index in [-0.39, 0.29) is 17.6 Å². The first-order chi connectivity index (χ1) is 13.2. The fraction of sp³-hybridized carbons (Fsp3) is 0.667. The van der Waals surface area contributed by atoms with Gasteiger partial charge in [0.15, 0.2) is 5.96 Å². The molecule has 5 nitrogen and oxygen atoms in total. The maximum absolute atomic E-state index is 5.99. The number of nitrogens with one attached hydrogen (secondary N) is 1. The first-order valence-corrected chi connectivity index (χ1v) is 10.9. The lowest BCUT2D eigenvalue weighted by Gasteiger charge is -2.44. The molecule has 0 bridgehead atoms. The number of hydrogen-bond donors (Lipinski definition) is 1. The van der Waals surface area contributed by atoms with E-state index in [1.807, 2.05) is 7.05 Å². The fourth-order valence-corrected chi connectivity index (χ4v) is 4.81. The van der Waals surface area contributed by atoms with Crippen LogP contribution in [-0.2, 0) is 14.9 Å². The third kappa shape index (κ3) is 4.17. The standard InChI is InChI=1S/C21H30BrN3O2/c1-23-20(25-11-13-27-19(14-25)18-4-2-12-26-18)24-15-21(9-3-10-21)16-5-7-17(22)8-6-16/h5-8,18-19H,2-4,9-15H2,1H3,(H,23,24). The van der Waals surface area contributed by atoms with Crippen molar-refractivity contribution in [2.45, 2.75) is 49.7 Å². The fourth-order valence-electron chi connectivity index (χ4n) is 4.54. The third-order valence-corrected chi connectivity index (χ3v) is 6.87. The summed E-state index contributed by atoms with van der Waals surface area (Å²) in [4.78, 5) is 6.91. The molecule has 3 fully saturated rings. The van der Waals surface area contributed by atoms with Gasteiger partial charge in [-0.05, 0) is 43.4 Å². The van der Waals surface area contributed by atoms with E-state index in [1.54, 1.807) is 0 Å². The molecule has 1 N–H and O–H groups in total. The number of halogens is 1. The molecule has 2 heterocycles. The van der Waals surface area contributed by atoms with Crippen molar-refractivity contribution in [2.24, 2.45) is 4.99 Å². The summed E-state index contributed by atoms with van der Waals surface area (Å²) in [7, 11) is 1.88. The minimum Gasteiger partial charge on any atom is -0.375 e. The van der Waals surface area contributed by atoms with Gasteiger partial charge in [-0.15, -0.1) is 0 Å². The predicted octanol–water partition coefficient (Wildman–Crippen LogP) is 3.33. The Labute approximate surface area is 170 Å². The van der Waals surface area contributed by atoms with Crippen LogP contribution in [0, 0.1) is 0 Å². The Morgan fingerprint density at radius 2 is 1.96 bits per heavy atom. The van der Waals surface area contributed by atoms with Gasteiger partial charge in [0, 0.05) is 43.2 Å². The largest absolute Gasteiger partial charge is 0.375 e. The van der Waals surface area contributed by atoms with Gasteiger partial charge in [-0.25, -0.2) is 0 Å². The molecule has 6 heteroatoms. The van der Waals surface area contributed by atoms with Crippen molar-refractivity contribution in [3.8, 4) is 0 Å². The molecule has 1 saturated carbocycles. The molecule has 1 aliphatic carbocycles. The lowest BCUT2D eigenvalue weighted by molar-refractivity contribution is -0.0817. The zero-order valence-electron chi connectivity index (χ0n) is 16.1. The normalized spacial score (nSPS) is 28.1. The van der Waals surface area contributed by atoms with E-state index in [2.05, 4.69) is 55.4 Å². The van der Waals surface area contributed by atoms with Gasteiger partial charge in [0.05, 0.1) is 12.7 Å². The summed E-state index contributed by atoms with van der Waals surface area (Å²) < 4.78 is 13.0. The Kier molecular flexibility index (Phi) is 6.05. The second-order valence-electron chi connectivity index (χ2n) is 7.95. The summed E-state index contributed by atoms with van der Waals surface area (Å²) in [5.41, 5.74) is 1.66. The van der Waals surface area contributed by atoms with Crippen molar-refractivity contribution < 1.29 is 9.47 Å². The molecule has 3 aliphatic rings. The lowest BCUT2D eigenvalue weighted by Crippen LogP contribution is -2.55. The Morgan fingerprint density at radius 1 is 1.19 bits per heavy atom. The highest BCUT2D eigenvalue weighted by Gasteiger charge is 2.39. The number of hydrogen-bond acceptors (Lipinski definition) is 3. The number of guanidine groups is 1. The van der Waals surface area contributed by atoms with E-state index in [0.717, 1.165) is 56.1 Å². The average Bonchev–Trinajstić information content (AvgIpc) is 3.20. The van der Waals surface area contributed by atoms with Crippen molar-refractivity contribution >= 4 is 21.9 Å². The molecule has 1 aromatic rings. The molecule has 4 rings (SSSR count). The average molecular weight is 436 g/mol. The van der Waals surface area contributed by atoms with Gasteiger partial charge in [-0.2, -0.15) is 0 Å². The number of morpholine rings is 1. The Balaban J connectivity index is 1.39. The quantitative estimate of drug-likeness (QED) is 0.581. The van der Waals surface area contributed by atoms with Gasteiger partial charge >= 0.3 is 0 Å². The van der Waals surface area contributed by atoms with Crippen molar-refractivity contribution in [2.75, 3.05) is 39.9 Å². The Bertz CT molecular complexity index is 654. The topological polar surface area (TPSA) is 46.1 Å². The maximum Gasteiger partial charge on any atom is 0.193 e. The molecule has 27 heavy (non-hydrogen) atoms. The van der Waals surface area contributed by atoms with Gasteiger partial charge in [0.25, 0.3) is 0 Å². The van der Waals surface area contributed by atoms with E-state index in [1.165, 1.54) is 24.8 Å². The molecular weight excluding hydrogens is 406 g/mol. The van der Waals surface area contributed by atoms with Gasteiger partial charge in [0.1, 0.15) is 6.10 Å². The van der Waals surface area contributed by atoms with Gasteiger partial charge < -0.3 is 19.7 Å². The van der Waals surface area contributed by atoms with Crippen molar-refractivity contribution in [3.05, 3.63) is 34.3 Å². The number of benzene rings is 1. The molecule has 2 atom stereocenters. The monoisotopic (exact) mass is 435 g/mol. The van der Waals surface area contributed by atoms with E-state index in [0.29, 0.717) is 0 Å². The van der Waals surface area contributed by atoms with E-state index >= 15 is 0 Å². The highest BCUT2D eigenvalue weighted by molar-refractivity contribution is 9.10. The van der Waals surface area contributed by atoms with Gasteiger partial charge in [0.2, 0.25) is 0 Å². The zero-order chi connectivity index (χ0) is 18.7. The zero-order valence-corrected chi connectivity index (χ0v) is 17.7. The number of nitrogens with zero attached hydrogens (tertiary/aromatic N) is 2. The molecule has 2 unspecified atom stereocenters. The first-order valence-electron chi connectivity index (χ1n) is 10.2. The molecule has 2 saturated heterocycles. The second-order valence-corrected chi connectivity index (χ2v) is 8.86. The van der Waals surface area contributed by atoms with Gasteiger partial charge in [-0.1, -0.05) is 34.5 Å². The molecule has 148 valence electrons. The van der Waals surface area contributed by atoms with Crippen LogP contribution in [0.25, 0.3) is 0 Å². The minimum atomic E-state index is 0.156. The molecule has 0 amide bonds. The van der Waals surface area contributed by atoms with Crippen molar-refractivity contribution in [1.29, 1.82) is 0 Å². The van der Waals surface area contributed by atoms with Gasteiger partial charge in [-0.3, -0.25) is 4.99 Å². The number of rotatable bonds is 4. The van der Waals surface area contributed by atoms with Crippen LogP contribution >= 0.6 is 15.9 Å². The third-order valence-electron chi connectivity index (χ3n) is 6.34. The molecule has 0 aromatic heterocycles. The summed E-state index contributed by atoms with van der Waals surface area (Å²) in [6, 6.07) is 8.82. The molecule has 1 aromatic carbocycles. The molecule has 2 aliphatic heterocycles. The van der Waals surface area contributed by atoms with E-state index in [9.17, 15) is 0 Å². The number of aliphatic imine (C=N–C) groups is 1. The van der Waals surface area contributed by atoms with E-state index < -0.39 is 0 Å². The lowest BCUT2D eigenvalue weighted by atomic mass is 9.64. The summed E-state index contributed by atoms with van der Waals surface area (Å²) in [5.74, 6) is 0.990. The van der Waals surface area contributed by atoms with Crippen LogP contribution in [0.5, 0.6) is 0 Å². The van der Waals surface area contributed by atoms with E-state index in [4.69, 9.17) is 9.47 Å². The summed E-state index contributed by atoms with van der Waals surface area (Å²) in [6.07, 6.45) is 6.43. The van der Waals surface area contributed by atoms with Crippen LogP contribution in [0.15, 0.2) is 33.7 Å². The Hall–Kier alpha value is -1.11. The van der Waals surface area contributed by atoms with Crippen molar-refractivity contribution in [1.82, 2.24) is 10.2 Å². The van der Waals surface area contributed by atoms with Crippen LogP contribution in [0.1, 0.15) is 37.7 Å². The highest BCUT2D eigenvalue weighted by atomic mass is 79.9. The number of ether oxygens (including phenoxy) is 2. The second kappa shape index (κ2) is 8.50. The SMILES string of the molecule is CN=C(NCC1(c2ccc(Br)cc2)CCC1)N1CCOC(C2CCCO2)C1. The first kappa shape index (κ1) is 19.2. The van der Waals surface area contributed by atoms with Crippen LogP contribution in [0.3, 0.4) is 0 Å². The van der Waals surface area contributed by atoms with Crippen molar-refractivity contribution in [3.63, 3.8) is 0 Å². The summed E-state index contributed by atoms with van der Waals surface area (Å²) in [6.45, 7) is 4.28. The summed E-state index contributed by atoms with van der Waals surface area (Å²) >= 11 is 3.55. The smallest absolute Gasteiger partial charge is 0.193 e. The van der Waals surface area contributed by atoms with Crippen LogP contribution < -0.4 is 5.32 Å². The molecular formula is C21H30BrN3O2. The summed E-state index contributed by atoms with van der Waals surface area (Å²) in [5, 5.41) is 3.67. The van der Waals surface area contributed by atoms with Crippen LogP contribution in [0.2, 0.25) is 0 Å². The van der Waals surface area contributed by atoms with Crippen LogP contribution in [-0.4, -0.2) is 63.0 Å². The molecule has 0 radical (unpaired) electrons. The maximum atomic E-state index is 5.99.